The average molecular weight is 172 g/mol. The first kappa shape index (κ1) is 7.82. The van der Waals surface area contributed by atoms with Crippen LogP contribution in [0.2, 0.25) is 0 Å². The van der Waals surface area contributed by atoms with Crippen molar-refractivity contribution in [2.75, 3.05) is 20.0 Å². The molecule has 0 aromatic heterocycles. The van der Waals surface area contributed by atoms with E-state index in [9.17, 15) is 4.79 Å². The van der Waals surface area contributed by atoms with E-state index in [2.05, 4.69) is 5.32 Å². The fraction of sp³-hybridized carbons (Fsp3) is 0.857. The van der Waals surface area contributed by atoms with E-state index in [4.69, 9.17) is 15.2 Å². The summed E-state index contributed by atoms with van der Waals surface area (Å²) >= 11 is 0. The van der Waals surface area contributed by atoms with E-state index in [0.717, 1.165) is 0 Å². The summed E-state index contributed by atoms with van der Waals surface area (Å²) in [4.78, 5) is 10.5. The van der Waals surface area contributed by atoms with E-state index < -0.39 is 6.03 Å². The third kappa shape index (κ3) is 1.37. The van der Waals surface area contributed by atoms with Gasteiger partial charge in [-0.3, -0.25) is 0 Å². The van der Waals surface area contributed by atoms with Crippen molar-refractivity contribution in [3.05, 3.63) is 0 Å². The van der Waals surface area contributed by atoms with Gasteiger partial charge in [0, 0.05) is 17.9 Å². The molecule has 2 aliphatic rings. The van der Waals surface area contributed by atoms with E-state index in [1.54, 1.807) is 0 Å². The Hall–Kier alpha value is -0.810. The van der Waals surface area contributed by atoms with Crippen molar-refractivity contribution < 1.29 is 14.3 Å². The summed E-state index contributed by atoms with van der Waals surface area (Å²) in [6, 6.07) is -0.295. The largest absolute Gasteiger partial charge is 0.355 e. The molecule has 0 aromatic carbocycles. The third-order valence-corrected chi connectivity index (χ3v) is 2.43. The lowest BCUT2D eigenvalue weighted by atomic mass is 10.3. The summed E-state index contributed by atoms with van der Waals surface area (Å²) in [5.41, 5.74) is 5.00. The molecule has 5 heteroatoms. The lowest BCUT2D eigenvalue weighted by Crippen LogP contribution is -2.33. The Kier molecular flexibility index (Phi) is 1.90. The van der Waals surface area contributed by atoms with Gasteiger partial charge in [-0.1, -0.05) is 0 Å². The Balaban J connectivity index is 1.85. The van der Waals surface area contributed by atoms with E-state index >= 15 is 0 Å². The highest BCUT2D eigenvalue weighted by atomic mass is 16.7. The molecule has 1 unspecified atom stereocenters. The fourth-order valence-electron chi connectivity index (χ4n) is 1.71. The molecule has 2 rings (SSSR count). The number of rotatable bonds is 1. The number of nitrogens with one attached hydrogen (secondary N) is 1. The predicted molar refractivity (Wildman–Crippen MR) is 40.3 cm³/mol. The Labute approximate surface area is 70.2 Å². The highest BCUT2D eigenvalue weighted by Gasteiger charge is 2.51. The average Bonchev–Trinajstić information content (AvgIpc) is 2.66. The number of primary amides is 1. The molecule has 5 nitrogen and oxygen atoms in total. The zero-order chi connectivity index (χ0) is 8.55. The van der Waals surface area contributed by atoms with Crippen LogP contribution in [-0.4, -0.2) is 32.1 Å². The smallest absolute Gasteiger partial charge is 0.312 e. The second-order valence-corrected chi connectivity index (χ2v) is 3.22. The zero-order valence-electron chi connectivity index (χ0n) is 6.66. The van der Waals surface area contributed by atoms with Crippen LogP contribution >= 0.6 is 0 Å². The van der Waals surface area contributed by atoms with Crippen LogP contribution in [0.15, 0.2) is 0 Å². The minimum absolute atomic E-state index is 0.169. The van der Waals surface area contributed by atoms with E-state index in [1.165, 1.54) is 0 Å². The van der Waals surface area contributed by atoms with Crippen LogP contribution in [0.4, 0.5) is 4.79 Å². The highest BCUT2D eigenvalue weighted by Crippen LogP contribution is 2.40. The summed E-state index contributed by atoms with van der Waals surface area (Å²) in [6.07, 6.45) is 0. The monoisotopic (exact) mass is 172 g/mol. The van der Waals surface area contributed by atoms with Gasteiger partial charge in [0.15, 0.2) is 0 Å². The maximum atomic E-state index is 10.5. The van der Waals surface area contributed by atoms with Crippen LogP contribution in [0.1, 0.15) is 0 Å². The molecule has 3 N–H and O–H groups in total. The molecule has 1 heterocycles. The van der Waals surface area contributed by atoms with Gasteiger partial charge < -0.3 is 20.5 Å². The predicted octanol–water partition coefficient (Wildman–Crippen LogP) is -0.726. The number of ether oxygens (including phenoxy) is 2. The quantitative estimate of drug-likeness (QED) is 0.548. The van der Waals surface area contributed by atoms with Gasteiger partial charge in [0.05, 0.1) is 13.2 Å². The summed E-state index contributed by atoms with van der Waals surface area (Å²) in [5.74, 6) is 0.806. The van der Waals surface area contributed by atoms with Crippen molar-refractivity contribution in [2.24, 2.45) is 17.6 Å². The zero-order valence-corrected chi connectivity index (χ0v) is 6.66. The number of carbonyl (C=O) groups excluding carboxylic acids is 1. The summed E-state index contributed by atoms with van der Waals surface area (Å²) < 4.78 is 10.3. The van der Waals surface area contributed by atoms with Crippen LogP contribution in [0.3, 0.4) is 0 Å². The van der Waals surface area contributed by atoms with Crippen LogP contribution in [0.25, 0.3) is 0 Å². The number of urea groups is 1. The van der Waals surface area contributed by atoms with Crippen molar-refractivity contribution >= 4 is 6.03 Å². The van der Waals surface area contributed by atoms with Gasteiger partial charge in [-0.15, -0.1) is 0 Å². The third-order valence-electron chi connectivity index (χ3n) is 2.43. The van der Waals surface area contributed by atoms with Crippen molar-refractivity contribution in [3.8, 4) is 0 Å². The van der Waals surface area contributed by atoms with Crippen LogP contribution < -0.4 is 11.1 Å². The van der Waals surface area contributed by atoms with E-state index in [-0.39, 0.29) is 6.04 Å². The topological polar surface area (TPSA) is 73.6 Å². The molecule has 0 aromatic rings. The molecule has 2 amide bonds. The molecule has 12 heavy (non-hydrogen) atoms. The standard InChI is InChI=1S/C7H12N2O3/c8-7(10)9-6-4-1-11-3-12-2-5(4)6/h4-6H,1-3H2,(H3,8,9,10)/t4-,5+,6?. The number of nitrogens with two attached hydrogens (primary N) is 1. The SMILES string of the molecule is NC(=O)NC1[C@H]2COCOC[C@@H]12. The molecule has 68 valence electrons. The van der Waals surface area contributed by atoms with Gasteiger partial charge in [0.25, 0.3) is 0 Å². The molecule has 0 spiro atoms. The Bertz CT molecular complexity index is 185. The number of hydrogen-bond donors (Lipinski definition) is 2. The minimum Gasteiger partial charge on any atom is -0.355 e. The fourth-order valence-corrected chi connectivity index (χ4v) is 1.71. The van der Waals surface area contributed by atoms with Gasteiger partial charge in [-0.05, 0) is 0 Å². The number of hydrogen-bond acceptors (Lipinski definition) is 3. The number of carbonyl (C=O) groups is 1. The highest BCUT2D eigenvalue weighted by molar-refractivity contribution is 5.72. The van der Waals surface area contributed by atoms with E-state index in [1.807, 2.05) is 0 Å². The van der Waals surface area contributed by atoms with Crippen LogP contribution in [-0.2, 0) is 9.47 Å². The van der Waals surface area contributed by atoms with Crippen molar-refractivity contribution in [1.29, 1.82) is 0 Å². The number of fused-ring (bicyclic) bond motifs is 1. The van der Waals surface area contributed by atoms with Gasteiger partial charge in [-0.2, -0.15) is 0 Å². The van der Waals surface area contributed by atoms with Gasteiger partial charge in [0.2, 0.25) is 0 Å². The molecule has 0 bridgehead atoms. The molecule has 1 aliphatic heterocycles. The number of amides is 2. The Morgan fingerprint density at radius 2 is 1.92 bits per heavy atom. The minimum atomic E-state index is -0.465. The maximum absolute atomic E-state index is 10.5. The first-order valence-corrected chi connectivity index (χ1v) is 4.00. The molecule has 1 aliphatic carbocycles. The van der Waals surface area contributed by atoms with Gasteiger partial charge in [-0.25, -0.2) is 4.79 Å². The maximum Gasteiger partial charge on any atom is 0.312 e. The second kappa shape index (κ2) is 2.91. The lowest BCUT2D eigenvalue weighted by Gasteiger charge is -2.04. The molecule has 1 saturated carbocycles. The van der Waals surface area contributed by atoms with Crippen LogP contribution in [0, 0.1) is 11.8 Å². The molecule has 2 fully saturated rings. The van der Waals surface area contributed by atoms with Crippen molar-refractivity contribution in [3.63, 3.8) is 0 Å². The van der Waals surface area contributed by atoms with E-state index in [0.29, 0.717) is 31.8 Å². The van der Waals surface area contributed by atoms with Crippen LogP contribution in [0.5, 0.6) is 0 Å². The first-order chi connectivity index (χ1) is 5.79. The molecule has 3 atom stereocenters. The molecule has 0 radical (unpaired) electrons. The second-order valence-electron chi connectivity index (χ2n) is 3.22. The molecular weight excluding hydrogens is 160 g/mol. The van der Waals surface area contributed by atoms with Gasteiger partial charge >= 0.3 is 6.03 Å². The normalized spacial score (nSPS) is 39.5. The first-order valence-electron chi connectivity index (χ1n) is 4.00. The lowest BCUT2D eigenvalue weighted by molar-refractivity contribution is -0.0437. The Morgan fingerprint density at radius 1 is 1.33 bits per heavy atom. The van der Waals surface area contributed by atoms with Crippen molar-refractivity contribution in [2.45, 2.75) is 6.04 Å². The summed E-state index contributed by atoms with van der Waals surface area (Å²) in [5, 5.41) is 2.67. The molecule has 1 saturated heterocycles. The van der Waals surface area contributed by atoms with Gasteiger partial charge in [0.1, 0.15) is 6.79 Å². The Morgan fingerprint density at radius 3 is 2.42 bits per heavy atom. The summed E-state index contributed by atoms with van der Waals surface area (Å²) in [6.45, 7) is 1.70. The summed E-state index contributed by atoms with van der Waals surface area (Å²) in [7, 11) is 0. The molecular formula is C7H12N2O3. The van der Waals surface area contributed by atoms with Crippen molar-refractivity contribution in [1.82, 2.24) is 5.32 Å².